The highest BCUT2D eigenvalue weighted by Gasteiger charge is 2.42. The normalized spacial score (nSPS) is 23.1. The molecule has 0 aromatic carbocycles. The fourth-order valence-electron chi connectivity index (χ4n) is 2.63. The number of carboxylic acid groups (broad SMARTS) is 1. The lowest BCUT2D eigenvalue weighted by atomic mass is 9.77. The Hall–Kier alpha value is -1.91. The van der Waals surface area contributed by atoms with E-state index in [0.29, 0.717) is 25.8 Å². The van der Waals surface area contributed by atoms with Gasteiger partial charge in [-0.25, -0.2) is 9.37 Å². The summed E-state index contributed by atoms with van der Waals surface area (Å²) in [5, 5.41) is 9.47. The topological polar surface area (TPSA) is 53.4 Å². The highest BCUT2D eigenvalue weighted by molar-refractivity contribution is 5.76. The molecule has 1 atom stereocenters. The van der Waals surface area contributed by atoms with E-state index in [2.05, 4.69) is 11.6 Å². The van der Waals surface area contributed by atoms with Gasteiger partial charge in [0.2, 0.25) is 0 Å². The van der Waals surface area contributed by atoms with Crippen LogP contribution in [-0.2, 0) is 4.79 Å². The summed E-state index contributed by atoms with van der Waals surface area (Å²) < 4.78 is 13.7. The number of rotatable bonds is 4. The lowest BCUT2D eigenvalue weighted by Crippen LogP contribution is -2.48. The Morgan fingerprint density at radius 1 is 1.68 bits per heavy atom. The molecule has 0 bridgehead atoms. The first-order valence-corrected chi connectivity index (χ1v) is 6.29. The van der Waals surface area contributed by atoms with Crippen molar-refractivity contribution in [2.75, 3.05) is 18.0 Å². The Bertz CT molecular complexity index is 492. The summed E-state index contributed by atoms with van der Waals surface area (Å²) >= 11 is 0. The molecule has 0 amide bonds. The molecule has 0 aliphatic carbocycles. The maximum atomic E-state index is 13.7. The largest absolute Gasteiger partial charge is 0.481 e. The molecule has 102 valence electrons. The van der Waals surface area contributed by atoms with Gasteiger partial charge in [0, 0.05) is 19.3 Å². The summed E-state index contributed by atoms with van der Waals surface area (Å²) in [5.41, 5.74) is -0.885. The molecule has 1 aliphatic rings. The minimum Gasteiger partial charge on any atom is -0.481 e. The molecule has 2 heterocycles. The summed E-state index contributed by atoms with van der Waals surface area (Å²) in [6.07, 6.45) is 4.80. The van der Waals surface area contributed by atoms with Crippen LogP contribution in [-0.4, -0.2) is 29.1 Å². The Kier molecular flexibility index (Phi) is 3.83. The van der Waals surface area contributed by atoms with E-state index in [1.807, 2.05) is 0 Å². The molecule has 1 saturated heterocycles. The third kappa shape index (κ3) is 2.59. The molecular formula is C14H17FN2O2. The second kappa shape index (κ2) is 5.38. The second-order valence-corrected chi connectivity index (χ2v) is 4.91. The zero-order valence-corrected chi connectivity index (χ0v) is 10.7. The lowest BCUT2D eigenvalue weighted by molar-refractivity contribution is -0.149. The van der Waals surface area contributed by atoms with E-state index < -0.39 is 17.2 Å². The van der Waals surface area contributed by atoms with E-state index in [1.165, 1.54) is 18.3 Å². The van der Waals surface area contributed by atoms with E-state index in [9.17, 15) is 14.3 Å². The van der Waals surface area contributed by atoms with Gasteiger partial charge in [0.05, 0.1) is 5.41 Å². The number of carboxylic acids is 1. The van der Waals surface area contributed by atoms with Crippen molar-refractivity contribution in [1.82, 2.24) is 4.98 Å². The van der Waals surface area contributed by atoms with E-state index in [-0.39, 0.29) is 12.4 Å². The van der Waals surface area contributed by atoms with Gasteiger partial charge in [0.15, 0.2) is 11.6 Å². The molecule has 4 nitrogen and oxygen atoms in total. The van der Waals surface area contributed by atoms with Gasteiger partial charge in [-0.1, -0.05) is 6.08 Å². The molecule has 1 fully saturated rings. The first-order chi connectivity index (χ1) is 9.09. The summed E-state index contributed by atoms with van der Waals surface area (Å²) in [5.74, 6) is -1.03. The number of anilines is 1. The predicted molar refractivity (Wildman–Crippen MR) is 70.5 cm³/mol. The van der Waals surface area contributed by atoms with Crippen molar-refractivity contribution in [3.63, 3.8) is 0 Å². The van der Waals surface area contributed by atoms with Crippen LogP contribution in [0.25, 0.3) is 0 Å². The number of hydrogen-bond donors (Lipinski definition) is 1. The van der Waals surface area contributed by atoms with Crippen LogP contribution in [0.3, 0.4) is 0 Å². The number of allylic oxidation sites excluding steroid dienone is 1. The Balaban J connectivity index is 2.28. The number of piperidine rings is 1. The number of halogens is 1. The lowest BCUT2D eigenvalue weighted by Gasteiger charge is -2.40. The first-order valence-electron chi connectivity index (χ1n) is 6.29. The zero-order valence-electron chi connectivity index (χ0n) is 10.7. The van der Waals surface area contributed by atoms with Gasteiger partial charge in [-0.2, -0.15) is 0 Å². The predicted octanol–water partition coefficient (Wildman–Crippen LogP) is 2.47. The van der Waals surface area contributed by atoms with Crippen molar-refractivity contribution >= 4 is 11.8 Å². The first kappa shape index (κ1) is 13.5. The average Bonchev–Trinajstić information content (AvgIpc) is 2.39. The van der Waals surface area contributed by atoms with Crippen molar-refractivity contribution in [3.05, 3.63) is 36.8 Å². The van der Waals surface area contributed by atoms with Crippen LogP contribution < -0.4 is 4.90 Å². The highest BCUT2D eigenvalue weighted by Crippen LogP contribution is 2.36. The quantitative estimate of drug-likeness (QED) is 0.849. The fraction of sp³-hybridized carbons (Fsp3) is 0.429. The molecule has 0 spiro atoms. The van der Waals surface area contributed by atoms with E-state index in [0.717, 1.165) is 0 Å². The highest BCUT2D eigenvalue weighted by atomic mass is 19.1. The van der Waals surface area contributed by atoms with Crippen LogP contribution in [0.4, 0.5) is 10.2 Å². The van der Waals surface area contributed by atoms with Gasteiger partial charge >= 0.3 is 5.97 Å². The van der Waals surface area contributed by atoms with Crippen LogP contribution in [0.1, 0.15) is 19.3 Å². The van der Waals surface area contributed by atoms with E-state index in [1.54, 1.807) is 11.0 Å². The Morgan fingerprint density at radius 2 is 2.47 bits per heavy atom. The van der Waals surface area contributed by atoms with Crippen molar-refractivity contribution in [2.24, 2.45) is 5.41 Å². The summed E-state index contributed by atoms with van der Waals surface area (Å²) in [6, 6.07) is 2.86. The summed E-state index contributed by atoms with van der Waals surface area (Å²) in [7, 11) is 0. The number of pyridine rings is 1. The maximum absolute atomic E-state index is 13.7. The van der Waals surface area contributed by atoms with Crippen LogP contribution in [0, 0.1) is 11.2 Å². The SMILES string of the molecule is C=CC[C@@]1(C(=O)O)CCCN(c2ncccc2F)C1. The van der Waals surface area contributed by atoms with E-state index >= 15 is 0 Å². The molecule has 5 heteroatoms. The number of carbonyl (C=O) groups is 1. The zero-order chi connectivity index (χ0) is 13.9. The monoisotopic (exact) mass is 264 g/mol. The molecule has 0 unspecified atom stereocenters. The van der Waals surface area contributed by atoms with Gasteiger partial charge in [-0.3, -0.25) is 4.79 Å². The van der Waals surface area contributed by atoms with Crippen LogP contribution in [0.2, 0.25) is 0 Å². The smallest absolute Gasteiger partial charge is 0.311 e. The molecule has 1 N–H and O–H groups in total. The molecule has 2 rings (SSSR count). The van der Waals surface area contributed by atoms with E-state index in [4.69, 9.17) is 0 Å². The number of nitrogens with zero attached hydrogens (tertiary/aromatic N) is 2. The standard InChI is InChI=1S/C14H17FN2O2/c1-2-6-14(13(18)19)7-4-9-17(10-14)12-11(15)5-3-8-16-12/h2-3,5,8H,1,4,6-7,9-10H2,(H,18,19)/t14-/m1/s1. The summed E-state index contributed by atoms with van der Waals surface area (Å²) in [6.45, 7) is 4.52. The van der Waals surface area contributed by atoms with Gasteiger partial charge in [-0.05, 0) is 31.4 Å². The molecule has 1 aromatic heterocycles. The van der Waals surface area contributed by atoms with Gasteiger partial charge in [-0.15, -0.1) is 6.58 Å². The van der Waals surface area contributed by atoms with Crippen molar-refractivity contribution in [1.29, 1.82) is 0 Å². The molecule has 0 saturated carbocycles. The molecule has 1 aromatic rings. The second-order valence-electron chi connectivity index (χ2n) is 4.91. The Labute approximate surface area is 111 Å². The Morgan fingerprint density at radius 3 is 3.11 bits per heavy atom. The molecule has 0 radical (unpaired) electrons. The third-order valence-electron chi connectivity index (χ3n) is 3.60. The summed E-state index contributed by atoms with van der Waals surface area (Å²) in [4.78, 5) is 17.3. The molecular weight excluding hydrogens is 247 g/mol. The van der Waals surface area contributed by atoms with Gasteiger partial charge < -0.3 is 10.0 Å². The fourth-order valence-corrected chi connectivity index (χ4v) is 2.63. The van der Waals surface area contributed by atoms with Gasteiger partial charge in [0.25, 0.3) is 0 Å². The number of aromatic nitrogens is 1. The molecule has 1 aliphatic heterocycles. The van der Waals surface area contributed by atoms with Gasteiger partial charge in [0.1, 0.15) is 0 Å². The van der Waals surface area contributed by atoms with Crippen LogP contribution >= 0.6 is 0 Å². The van der Waals surface area contributed by atoms with Crippen molar-refractivity contribution in [2.45, 2.75) is 19.3 Å². The minimum atomic E-state index is -0.885. The van der Waals surface area contributed by atoms with Crippen LogP contribution in [0.15, 0.2) is 31.0 Å². The third-order valence-corrected chi connectivity index (χ3v) is 3.60. The minimum absolute atomic E-state index is 0.233. The molecule has 19 heavy (non-hydrogen) atoms. The van der Waals surface area contributed by atoms with Crippen molar-refractivity contribution < 1.29 is 14.3 Å². The number of hydrogen-bond acceptors (Lipinski definition) is 3. The number of aliphatic carboxylic acids is 1. The van der Waals surface area contributed by atoms with Crippen molar-refractivity contribution in [3.8, 4) is 0 Å². The average molecular weight is 264 g/mol. The van der Waals surface area contributed by atoms with Crippen LogP contribution in [0.5, 0.6) is 0 Å². The maximum Gasteiger partial charge on any atom is 0.311 e.